The van der Waals surface area contributed by atoms with E-state index < -0.39 is 5.92 Å². The molecule has 0 saturated carbocycles. The lowest BCUT2D eigenvalue weighted by Crippen LogP contribution is -2.33. The van der Waals surface area contributed by atoms with Crippen molar-refractivity contribution in [3.63, 3.8) is 0 Å². The maximum Gasteiger partial charge on any atom is 0.224 e. The van der Waals surface area contributed by atoms with E-state index in [-0.39, 0.29) is 12.3 Å². The van der Waals surface area contributed by atoms with Crippen LogP contribution in [0.1, 0.15) is 51.5 Å². The Morgan fingerprint density at radius 3 is 2.23 bits per heavy atom. The van der Waals surface area contributed by atoms with Crippen LogP contribution in [0.25, 0.3) is 0 Å². The average Bonchev–Trinajstić information content (AvgIpc) is 2.53. The molecule has 0 spiro atoms. The topological polar surface area (TPSA) is 53.3 Å². The quantitative estimate of drug-likeness (QED) is 0.698. The Balaban J connectivity index is 2.74. The Bertz CT molecular complexity index is 485. The zero-order valence-electron chi connectivity index (χ0n) is 13.8. The van der Waals surface area contributed by atoms with Gasteiger partial charge < -0.3 is 9.64 Å². The molecule has 1 amide bonds. The maximum atomic E-state index is 12.4. The Kier molecular flexibility index (Phi) is 8.06. The molecule has 0 radical (unpaired) electrons. The molecule has 4 heteroatoms. The normalized spacial score (nSPS) is 11.5. The Hall–Kier alpha value is -2.02. The molecule has 1 unspecified atom stereocenters. The summed E-state index contributed by atoms with van der Waals surface area (Å²) >= 11 is 0. The van der Waals surface area contributed by atoms with Crippen molar-refractivity contribution in [1.82, 2.24) is 4.90 Å². The SMILES string of the molecule is CCCN(CCC)C(=O)CC(C#N)c1ccc(OCC)cc1. The standard InChI is InChI=1S/C18H26N2O2/c1-4-11-20(12-5-2)18(21)13-16(14-19)15-7-9-17(10-8-15)22-6-3/h7-10,16H,4-6,11-13H2,1-3H3. The minimum absolute atomic E-state index is 0.0594. The molecule has 0 aromatic heterocycles. The molecule has 0 saturated heterocycles. The third-order valence-corrected chi connectivity index (χ3v) is 3.47. The zero-order chi connectivity index (χ0) is 16.4. The smallest absolute Gasteiger partial charge is 0.224 e. The van der Waals surface area contributed by atoms with Crippen LogP contribution in [-0.4, -0.2) is 30.5 Å². The second-order valence-corrected chi connectivity index (χ2v) is 5.27. The molecule has 1 rings (SSSR count). The number of benzene rings is 1. The molecule has 1 atom stereocenters. The molecule has 0 fully saturated rings. The summed E-state index contributed by atoms with van der Waals surface area (Å²) in [6, 6.07) is 9.70. The largest absolute Gasteiger partial charge is 0.494 e. The van der Waals surface area contributed by atoms with Crippen molar-refractivity contribution in [2.45, 2.75) is 46.0 Å². The van der Waals surface area contributed by atoms with Crippen LogP contribution in [0.15, 0.2) is 24.3 Å². The van der Waals surface area contributed by atoms with E-state index in [9.17, 15) is 10.1 Å². The Morgan fingerprint density at radius 2 is 1.77 bits per heavy atom. The summed E-state index contributed by atoms with van der Waals surface area (Å²) in [4.78, 5) is 14.2. The van der Waals surface area contributed by atoms with Crippen LogP contribution in [0.5, 0.6) is 5.75 Å². The monoisotopic (exact) mass is 302 g/mol. The predicted octanol–water partition coefficient (Wildman–Crippen LogP) is 3.73. The van der Waals surface area contributed by atoms with Gasteiger partial charge in [-0.05, 0) is 37.5 Å². The molecule has 4 nitrogen and oxygen atoms in total. The van der Waals surface area contributed by atoms with Crippen molar-refractivity contribution in [3.05, 3.63) is 29.8 Å². The molecule has 1 aromatic carbocycles. The summed E-state index contributed by atoms with van der Waals surface area (Å²) in [5.41, 5.74) is 0.868. The Labute approximate surface area is 133 Å². The van der Waals surface area contributed by atoms with Gasteiger partial charge in [-0.15, -0.1) is 0 Å². The number of amides is 1. The number of carbonyl (C=O) groups is 1. The number of ether oxygens (including phenoxy) is 1. The number of nitriles is 1. The van der Waals surface area contributed by atoms with Crippen molar-refractivity contribution in [2.75, 3.05) is 19.7 Å². The van der Waals surface area contributed by atoms with Crippen molar-refractivity contribution < 1.29 is 9.53 Å². The van der Waals surface area contributed by atoms with E-state index in [1.54, 1.807) is 0 Å². The van der Waals surface area contributed by atoms with E-state index in [1.807, 2.05) is 36.1 Å². The van der Waals surface area contributed by atoms with Gasteiger partial charge in [-0.1, -0.05) is 26.0 Å². The minimum atomic E-state index is -0.403. The number of carbonyl (C=O) groups excluding carboxylic acids is 1. The van der Waals surface area contributed by atoms with E-state index in [0.717, 1.165) is 37.2 Å². The molecular formula is C18H26N2O2. The summed E-state index contributed by atoms with van der Waals surface area (Å²) in [5.74, 6) is 0.441. The first-order valence-electron chi connectivity index (χ1n) is 8.06. The number of hydrogen-bond donors (Lipinski definition) is 0. The number of hydrogen-bond acceptors (Lipinski definition) is 3. The molecule has 1 aromatic rings. The summed E-state index contributed by atoms with van der Waals surface area (Å²) < 4.78 is 5.40. The highest BCUT2D eigenvalue weighted by atomic mass is 16.5. The van der Waals surface area contributed by atoms with E-state index in [1.165, 1.54) is 0 Å². The molecule has 0 bridgehead atoms. The third kappa shape index (κ3) is 5.40. The van der Waals surface area contributed by atoms with Crippen LogP contribution in [0.3, 0.4) is 0 Å². The first-order valence-corrected chi connectivity index (χ1v) is 8.06. The van der Waals surface area contributed by atoms with Gasteiger partial charge in [0.25, 0.3) is 0 Å². The maximum absolute atomic E-state index is 12.4. The van der Waals surface area contributed by atoms with Gasteiger partial charge in [-0.25, -0.2) is 0 Å². The van der Waals surface area contributed by atoms with Gasteiger partial charge in [0.05, 0.1) is 18.6 Å². The van der Waals surface area contributed by atoms with Gasteiger partial charge in [0.15, 0.2) is 0 Å². The van der Waals surface area contributed by atoms with Crippen LogP contribution in [-0.2, 0) is 4.79 Å². The van der Waals surface area contributed by atoms with Crippen molar-refractivity contribution in [1.29, 1.82) is 5.26 Å². The summed E-state index contributed by atoms with van der Waals surface area (Å²) in [6.45, 7) is 8.18. The molecule has 0 N–H and O–H groups in total. The fourth-order valence-electron chi connectivity index (χ4n) is 2.41. The lowest BCUT2D eigenvalue weighted by atomic mass is 9.96. The summed E-state index contributed by atoms with van der Waals surface area (Å²) in [5, 5.41) is 9.39. The predicted molar refractivity (Wildman–Crippen MR) is 87.7 cm³/mol. The van der Waals surface area contributed by atoms with E-state index in [2.05, 4.69) is 19.9 Å². The fourth-order valence-corrected chi connectivity index (χ4v) is 2.41. The second kappa shape index (κ2) is 9.83. The van der Waals surface area contributed by atoms with Crippen molar-refractivity contribution >= 4 is 5.91 Å². The average molecular weight is 302 g/mol. The number of nitrogens with zero attached hydrogens (tertiary/aromatic N) is 2. The van der Waals surface area contributed by atoms with Gasteiger partial charge in [-0.2, -0.15) is 5.26 Å². The van der Waals surface area contributed by atoms with Crippen LogP contribution in [0.4, 0.5) is 0 Å². The summed E-state index contributed by atoms with van der Waals surface area (Å²) in [6.07, 6.45) is 2.11. The third-order valence-electron chi connectivity index (χ3n) is 3.47. The van der Waals surface area contributed by atoms with Crippen LogP contribution in [0, 0.1) is 11.3 Å². The first kappa shape index (κ1) is 18.0. The van der Waals surface area contributed by atoms with Gasteiger partial charge >= 0.3 is 0 Å². The van der Waals surface area contributed by atoms with Crippen molar-refractivity contribution in [2.24, 2.45) is 0 Å². The van der Waals surface area contributed by atoms with E-state index >= 15 is 0 Å². The zero-order valence-corrected chi connectivity index (χ0v) is 13.8. The van der Waals surface area contributed by atoms with Gasteiger partial charge in [0, 0.05) is 19.5 Å². The highest BCUT2D eigenvalue weighted by Gasteiger charge is 2.19. The van der Waals surface area contributed by atoms with Crippen molar-refractivity contribution in [3.8, 4) is 11.8 Å². The molecule has 0 aliphatic carbocycles. The highest BCUT2D eigenvalue weighted by molar-refractivity contribution is 5.77. The number of rotatable bonds is 9. The molecule has 0 aliphatic heterocycles. The second-order valence-electron chi connectivity index (χ2n) is 5.27. The van der Waals surface area contributed by atoms with Crippen LogP contribution >= 0.6 is 0 Å². The van der Waals surface area contributed by atoms with Gasteiger partial charge in [0.1, 0.15) is 5.75 Å². The Morgan fingerprint density at radius 1 is 1.18 bits per heavy atom. The molecule has 120 valence electrons. The first-order chi connectivity index (χ1) is 10.7. The highest BCUT2D eigenvalue weighted by Crippen LogP contribution is 2.23. The molecule has 0 heterocycles. The fraction of sp³-hybridized carbons (Fsp3) is 0.556. The van der Waals surface area contributed by atoms with Crippen LogP contribution < -0.4 is 4.74 Å². The van der Waals surface area contributed by atoms with Crippen LogP contribution in [0.2, 0.25) is 0 Å². The molecule has 0 aliphatic rings. The van der Waals surface area contributed by atoms with E-state index in [0.29, 0.717) is 6.61 Å². The molecule has 22 heavy (non-hydrogen) atoms. The lowest BCUT2D eigenvalue weighted by Gasteiger charge is -2.22. The molecular weight excluding hydrogens is 276 g/mol. The minimum Gasteiger partial charge on any atom is -0.494 e. The lowest BCUT2D eigenvalue weighted by molar-refractivity contribution is -0.131. The summed E-state index contributed by atoms with van der Waals surface area (Å²) in [7, 11) is 0. The van der Waals surface area contributed by atoms with Gasteiger partial charge in [-0.3, -0.25) is 4.79 Å². The van der Waals surface area contributed by atoms with Gasteiger partial charge in [0.2, 0.25) is 5.91 Å². The van der Waals surface area contributed by atoms with E-state index in [4.69, 9.17) is 4.74 Å².